The zero-order valence-corrected chi connectivity index (χ0v) is 13.7. The first-order valence-electron chi connectivity index (χ1n) is 6.82. The van der Waals surface area contributed by atoms with Gasteiger partial charge in [-0.3, -0.25) is 4.79 Å². The van der Waals surface area contributed by atoms with Crippen LogP contribution in [-0.4, -0.2) is 38.3 Å². The number of pyridine rings is 1. The Morgan fingerprint density at radius 3 is 2.28 bits per heavy atom. The summed E-state index contributed by atoms with van der Waals surface area (Å²) in [6.45, 7) is -1.47. The van der Waals surface area contributed by atoms with Gasteiger partial charge in [-0.25, -0.2) is 13.4 Å². The van der Waals surface area contributed by atoms with Gasteiger partial charge in [-0.1, -0.05) is 0 Å². The maximum Gasteiger partial charge on any atom is 0.422 e. The van der Waals surface area contributed by atoms with Crippen molar-refractivity contribution in [2.24, 2.45) is 0 Å². The van der Waals surface area contributed by atoms with E-state index in [9.17, 15) is 26.4 Å². The van der Waals surface area contributed by atoms with Crippen LogP contribution in [0.5, 0.6) is 5.88 Å². The number of halogens is 3. The number of anilines is 1. The molecule has 134 valence electrons. The minimum absolute atomic E-state index is 0.103. The molecule has 1 heterocycles. The Morgan fingerprint density at radius 2 is 1.80 bits per heavy atom. The Bertz CT molecular complexity index is 848. The van der Waals surface area contributed by atoms with Crippen LogP contribution in [0.25, 0.3) is 0 Å². The molecule has 0 radical (unpaired) electrons. The largest absolute Gasteiger partial charge is 0.468 e. The molecule has 0 atom stereocenters. The normalized spacial score (nSPS) is 11.8. The first-order valence-corrected chi connectivity index (χ1v) is 8.71. The smallest absolute Gasteiger partial charge is 0.422 e. The van der Waals surface area contributed by atoms with Crippen molar-refractivity contribution in [1.29, 1.82) is 0 Å². The molecular formula is C15H13F3N2O4S. The molecule has 0 unspecified atom stereocenters. The van der Waals surface area contributed by atoms with Gasteiger partial charge in [0, 0.05) is 24.2 Å². The van der Waals surface area contributed by atoms with Crippen LogP contribution in [0, 0.1) is 0 Å². The van der Waals surface area contributed by atoms with E-state index in [0.717, 1.165) is 18.5 Å². The molecule has 2 aromatic rings. The zero-order valence-electron chi connectivity index (χ0n) is 12.9. The molecule has 1 amide bonds. The van der Waals surface area contributed by atoms with Gasteiger partial charge in [-0.2, -0.15) is 13.2 Å². The Balaban J connectivity index is 2.01. The highest BCUT2D eigenvalue weighted by Crippen LogP contribution is 2.18. The highest BCUT2D eigenvalue weighted by Gasteiger charge is 2.28. The van der Waals surface area contributed by atoms with Gasteiger partial charge in [0.05, 0.1) is 10.5 Å². The van der Waals surface area contributed by atoms with Crippen LogP contribution in [0.2, 0.25) is 0 Å². The molecule has 1 aromatic heterocycles. The number of aromatic nitrogens is 1. The van der Waals surface area contributed by atoms with Crippen molar-refractivity contribution in [2.45, 2.75) is 11.1 Å². The summed E-state index contributed by atoms with van der Waals surface area (Å²) in [6.07, 6.45) is -2.34. The summed E-state index contributed by atoms with van der Waals surface area (Å²) in [6, 6.07) is 7.94. The van der Waals surface area contributed by atoms with Gasteiger partial charge in [-0.15, -0.1) is 0 Å². The summed E-state index contributed by atoms with van der Waals surface area (Å²) in [7, 11) is -3.34. The van der Waals surface area contributed by atoms with Crippen molar-refractivity contribution >= 4 is 21.4 Å². The molecule has 25 heavy (non-hydrogen) atoms. The number of carbonyl (C=O) groups excluding carboxylic acids is 1. The number of hydrogen-bond donors (Lipinski definition) is 1. The Morgan fingerprint density at radius 1 is 1.16 bits per heavy atom. The third kappa shape index (κ3) is 5.75. The van der Waals surface area contributed by atoms with Crippen LogP contribution >= 0.6 is 0 Å². The van der Waals surface area contributed by atoms with E-state index in [1.165, 1.54) is 30.3 Å². The van der Waals surface area contributed by atoms with Crippen LogP contribution in [0.15, 0.2) is 47.5 Å². The average Bonchev–Trinajstić information content (AvgIpc) is 2.52. The third-order valence-electron chi connectivity index (χ3n) is 2.92. The monoisotopic (exact) mass is 374 g/mol. The minimum Gasteiger partial charge on any atom is -0.468 e. The van der Waals surface area contributed by atoms with Gasteiger partial charge in [0.2, 0.25) is 5.88 Å². The molecule has 0 aliphatic carbocycles. The summed E-state index contributed by atoms with van der Waals surface area (Å²) >= 11 is 0. The summed E-state index contributed by atoms with van der Waals surface area (Å²) in [4.78, 5) is 15.8. The first kappa shape index (κ1) is 18.7. The number of carbonyl (C=O) groups is 1. The molecule has 0 fully saturated rings. The molecule has 0 saturated heterocycles. The second-order valence-corrected chi connectivity index (χ2v) is 7.06. The van der Waals surface area contributed by atoms with Gasteiger partial charge in [-0.05, 0) is 30.3 Å². The van der Waals surface area contributed by atoms with Crippen LogP contribution in [0.3, 0.4) is 0 Å². The van der Waals surface area contributed by atoms with Crippen molar-refractivity contribution in [3.8, 4) is 5.88 Å². The third-order valence-corrected chi connectivity index (χ3v) is 4.05. The van der Waals surface area contributed by atoms with Crippen LogP contribution in [0.4, 0.5) is 18.9 Å². The summed E-state index contributed by atoms with van der Waals surface area (Å²) in [5, 5.41) is 2.52. The predicted octanol–water partition coefficient (Wildman–Crippen LogP) is 2.68. The summed E-state index contributed by atoms with van der Waals surface area (Å²) in [5.74, 6) is -0.812. The van der Waals surface area contributed by atoms with Crippen LogP contribution in [0.1, 0.15) is 10.4 Å². The number of benzene rings is 1. The SMILES string of the molecule is CS(=O)(=O)c1ccc(NC(=O)c2ccc(OCC(F)(F)F)nc2)cc1. The Labute approximate surface area is 141 Å². The number of alkyl halides is 3. The molecule has 0 spiro atoms. The number of ether oxygens (including phenoxy) is 1. The number of hydrogen-bond acceptors (Lipinski definition) is 5. The lowest BCUT2D eigenvalue weighted by Crippen LogP contribution is -2.19. The highest BCUT2D eigenvalue weighted by atomic mass is 32.2. The van der Waals surface area contributed by atoms with E-state index in [1.54, 1.807) is 0 Å². The van der Waals surface area contributed by atoms with Crippen molar-refractivity contribution in [3.63, 3.8) is 0 Å². The number of sulfone groups is 1. The Kier molecular flexibility index (Phi) is 5.31. The number of rotatable bonds is 5. The lowest BCUT2D eigenvalue weighted by Gasteiger charge is -2.09. The minimum atomic E-state index is -4.48. The van der Waals surface area contributed by atoms with E-state index >= 15 is 0 Å². The fourth-order valence-corrected chi connectivity index (χ4v) is 2.37. The maximum absolute atomic E-state index is 12.0. The van der Waals surface area contributed by atoms with E-state index in [1.807, 2.05) is 0 Å². The molecule has 0 aliphatic rings. The maximum atomic E-state index is 12.0. The number of nitrogens with zero attached hydrogens (tertiary/aromatic N) is 1. The zero-order chi connectivity index (χ0) is 18.7. The van der Waals surface area contributed by atoms with Gasteiger partial charge < -0.3 is 10.1 Å². The summed E-state index contributed by atoms with van der Waals surface area (Å²) in [5.41, 5.74) is 0.460. The van der Waals surface area contributed by atoms with Gasteiger partial charge in [0.25, 0.3) is 5.91 Å². The molecular weight excluding hydrogens is 361 g/mol. The molecule has 0 saturated carbocycles. The second-order valence-electron chi connectivity index (χ2n) is 5.04. The number of nitrogens with one attached hydrogen (secondary N) is 1. The van der Waals surface area contributed by atoms with E-state index in [4.69, 9.17) is 0 Å². The van der Waals surface area contributed by atoms with Crippen molar-refractivity contribution in [2.75, 3.05) is 18.2 Å². The standard InChI is InChI=1S/C15H13F3N2O4S/c1-25(22,23)12-5-3-11(4-6-12)20-14(21)10-2-7-13(19-8-10)24-9-15(16,17)18/h2-8H,9H2,1H3,(H,20,21). The molecule has 1 N–H and O–H groups in total. The van der Waals surface area contributed by atoms with Crippen molar-refractivity contribution < 1.29 is 31.1 Å². The van der Waals surface area contributed by atoms with Crippen molar-refractivity contribution in [1.82, 2.24) is 4.98 Å². The molecule has 2 rings (SSSR count). The van der Waals surface area contributed by atoms with Crippen LogP contribution in [-0.2, 0) is 9.84 Å². The van der Waals surface area contributed by atoms with E-state index in [2.05, 4.69) is 15.0 Å². The second kappa shape index (κ2) is 7.09. The molecule has 0 aliphatic heterocycles. The molecule has 6 nitrogen and oxygen atoms in total. The molecule has 1 aromatic carbocycles. The van der Waals surface area contributed by atoms with Gasteiger partial charge in [0.1, 0.15) is 0 Å². The predicted molar refractivity (Wildman–Crippen MR) is 83.3 cm³/mol. The highest BCUT2D eigenvalue weighted by molar-refractivity contribution is 7.90. The van der Waals surface area contributed by atoms with E-state index < -0.39 is 28.5 Å². The number of amides is 1. The van der Waals surface area contributed by atoms with E-state index in [0.29, 0.717) is 5.69 Å². The fourth-order valence-electron chi connectivity index (χ4n) is 1.74. The quantitative estimate of drug-likeness (QED) is 0.870. The Hall–Kier alpha value is -2.62. The lowest BCUT2D eigenvalue weighted by molar-refractivity contribution is -0.154. The van der Waals surface area contributed by atoms with Gasteiger partial charge in [0.15, 0.2) is 16.4 Å². The molecule has 0 bridgehead atoms. The van der Waals surface area contributed by atoms with Crippen LogP contribution < -0.4 is 10.1 Å². The first-order chi connectivity index (χ1) is 11.5. The average molecular weight is 374 g/mol. The van der Waals surface area contributed by atoms with E-state index in [-0.39, 0.29) is 16.3 Å². The molecule has 10 heteroatoms. The van der Waals surface area contributed by atoms with Crippen molar-refractivity contribution in [3.05, 3.63) is 48.2 Å². The topological polar surface area (TPSA) is 85.4 Å². The summed E-state index contributed by atoms with van der Waals surface area (Å²) < 4.78 is 63.3. The fraction of sp³-hybridized carbons (Fsp3) is 0.200. The lowest BCUT2D eigenvalue weighted by atomic mass is 10.2. The van der Waals surface area contributed by atoms with Gasteiger partial charge >= 0.3 is 6.18 Å².